The molecule has 1 aromatic carbocycles. The molecule has 1 aliphatic heterocycles. The van der Waals surface area contributed by atoms with Crippen LogP contribution < -0.4 is 9.64 Å². The van der Waals surface area contributed by atoms with Crippen molar-refractivity contribution in [2.45, 2.75) is 49.3 Å². The Morgan fingerprint density at radius 3 is 2.42 bits per heavy atom. The number of rotatable bonds is 5. The lowest BCUT2D eigenvalue weighted by Gasteiger charge is -2.35. The van der Waals surface area contributed by atoms with E-state index in [9.17, 15) is 8.42 Å². The van der Waals surface area contributed by atoms with Gasteiger partial charge in [0.15, 0.2) is 0 Å². The summed E-state index contributed by atoms with van der Waals surface area (Å²) in [6.45, 7) is 2.17. The summed E-state index contributed by atoms with van der Waals surface area (Å²) in [5.74, 6) is 3.15. The first kappa shape index (κ1) is 21.3. The first-order valence-corrected chi connectivity index (χ1v) is 14.0. The summed E-state index contributed by atoms with van der Waals surface area (Å²) in [4.78, 5) is 15.2. The molecule has 9 heteroatoms. The maximum Gasteiger partial charge on any atom is 0.243 e. The summed E-state index contributed by atoms with van der Waals surface area (Å²) < 4.78 is 33.1. The summed E-state index contributed by atoms with van der Waals surface area (Å²) in [5.41, 5.74) is 1.44. The van der Waals surface area contributed by atoms with Gasteiger partial charge in [0.2, 0.25) is 10.0 Å². The molecule has 0 unspecified atom stereocenters. The van der Waals surface area contributed by atoms with E-state index in [0.29, 0.717) is 42.7 Å². The molecule has 2 aliphatic carbocycles. The summed E-state index contributed by atoms with van der Waals surface area (Å²) in [6.07, 6.45) is 7.05. The lowest BCUT2D eigenvalue weighted by atomic mass is 9.97. The van der Waals surface area contributed by atoms with Crippen LogP contribution in [-0.2, 0) is 22.9 Å². The van der Waals surface area contributed by atoms with Crippen LogP contribution in [0.2, 0.25) is 0 Å². The number of ether oxygens (including phenoxy) is 1. The van der Waals surface area contributed by atoms with E-state index >= 15 is 0 Å². The molecule has 0 bridgehead atoms. The molecule has 2 fully saturated rings. The van der Waals surface area contributed by atoms with Crippen LogP contribution in [0, 0.1) is 0 Å². The van der Waals surface area contributed by atoms with Crippen molar-refractivity contribution in [3.8, 4) is 5.75 Å². The van der Waals surface area contributed by atoms with Crippen LogP contribution in [0.25, 0.3) is 10.2 Å². The number of hydrogen-bond donors (Lipinski definition) is 0. The molecule has 0 N–H and O–H groups in total. The first-order chi connectivity index (χ1) is 16.0. The van der Waals surface area contributed by atoms with Crippen molar-refractivity contribution in [1.29, 1.82) is 0 Å². The van der Waals surface area contributed by atoms with Crippen molar-refractivity contribution < 1.29 is 13.2 Å². The first-order valence-electron chi connectivity index (χ1n) is 11.8. The number of anilines is 1. The van der Waals surface area contributed by atoms with Crippen LogP contribution >= 0.6 is 11.3 Å². The van der Waals surface area contributed by atoms with E-state index in [-0.39, 0.29) is 0 Å². The third-order valence-corrected chi connectivity index (χ3v) is 10.1. The third kappa shape index (κ3) is 3.80. The Balaban J connectivity index is 1.29. The second-order valence-electron chi connectivity index (χ2n) is 9.14. The fraction of sp³-hybridized carbons (Fsp3) is 0.500. The smallest absolute Gasteiger partial charge is 0.243 e. The zero-order valence-electron chi connectivity index (χ0n) is 18.8. The Morgan fingerprint density at radius 1 is 1.00 bits per heavy atom. The highest BCUT2D eigenvalue weighted by molar-refractivity contribution is 7.89. The van der Waals surface area contributed by atoms with Crippen molar-refractivity contribution in [1.82, 2.24) is 14.3 Å². The topological polar surface area (TPSA) is 75.6 Å². The Morgan fingerprint density at radius 2 is 1.73 bits per heavy atom. The van der Waals surface area contributed by atoms with E-state index in [0.717, 1.165) is 29.3 Å². The number of aryl methyl sites for hydroxylation is 2. The number of methoxy groups -OCH3 is 1. The number of nitrogens with zero attached hydrogens (tertiary/aromatic N) is 4. The van der Waals surface area contributed by atoms with Crippen molar-refractivity contribution in [2.24, 2.45) is 0 Å². The number of benzene rings is 1. The SMILES string of the molecule is COc1ccc(S(=O)(=O)N2CCN(c3nc(C4CC4)nc4sc5c(c34)CCCC5)CC2)cc1. The lowest BCUT2D eigenvalue weighted by molar-refractivity contribution is 0.383. The predicted molar refractivity (Wildman–Crippen MR) is 130 cm³/mol. The second-order valence-corrected chi connectivity index (χ2v) is 12.2. The van der Waals surface area contributed by atoms with Crippen LogP contribution in [0.1, 0.15) is 47.9 Å². The van der Waals surface area contributed by atoms with Crippen LogP contribution in [0.4, 0.5) is 5.82 Å². The predicted octanol–water partition coefficient (Wildman–Crippen LogP) is 3.97. The average Bonchev–Trinajstić information content (AvgIpc) is 3.64. The normalized spacial score (nSPS) is 19.6. The molecule has 3 heterocycles. The quantitative estimate of drug-likeness (QED) is 0.546. The largest absolute Gasteiger partial charge is 0.497 e. The molecular formula is C24H28N4O3S2. The summed E-state index contributed by atoms with van der Waals surface area (Å²) >= 11 is 1.85. The van der Waals surface area contributed by atoms with Crippen molar-refractivity contribution in [3.63, 3.8) is 0 Å². The Labute approximate surface area is 198 Å². The molecule has 1 saturated heterocycles. The van der Waals surface area contributed by atoms with Crippen molar-refractivity contribution >= 4 is 37.4 Å². The van der Waals surface area contributed by atoms with Gasteiger partial charge in [-0.15, -0.1) is 11.3 Å². The highest BCUT2D eigenvalue weighted by atomic mass is 32.2. The molecule has 33 heavy (non-hydrogen) atoms. The molecule has 1 saturated carbocycles. The average molecular weight is 485 g/mol. The maximum atomic E-state index is 13.2. The van der Waals surface area contributed by atoms with Gasteiger partial charge < -0.3 is 9.64 Å². The second kappa shape index (κ2) is 8.21. The van der Waals surface area contributed by atoms with E-state index in [1.54, 1.807) is 35.7 Å². The monoisotopic (exact) mass is 484 g/mol. The van der Waals surface area contributed by atoms with Gasteiger partial charge in [0.05, 0.1) is 17.4 Å². The highest BCUT2D eigenvalue weighted by Gasteiger charge is 2.33. The van der Waals surface area contributed by atoms with Gasteiger partial charge in [-0.3, -0.25) is 0 Å². The molecule has 0 radical (unpaired) electrons. The number of aromatic nitrogens is 2. The van der Waals surface area contributed by atoms with Gasteiger partial charge in [0.1, 0.15) is 22.2 Å². The molecule has 7 nitrogen and oxygen atoms in total. The van der Waals surface area contributed by atoms with Gasteiger partial charge in [-0.25, -0.2) is 18.4 Å². The molecule has 174 valence electrons. The summed E-state index contributed by atoms with van der Waals surface area (Å²) in [6, 6.07) is 6.63. The van der Waals surface area contributed by atoms with Crippen LogP contribution in [0.3, 0.4) is 0 Å². The minimum atomic E-state index is -3.53. The maximum absolute atomic E-state index is 13.2. The number of sulfonamides is 1. The van der Waals surface area contributed by atoms with E-state index < -0.39 is 10.0 Å². The van der Waals surface area contributed by atoms with E-state index in [1.165, 1.54) is 41.5 Å². The zero-order valence-corrected chi connectivity index (χ0v) is 20.4. The van der Waals surface area contributed by atoms with Crippen molar-refractivity contribution in [3.05, 3.63) is 40.5 Å². The van der Waals surface area contributed by atoms with E-state index in [2.05, 4.69) is 4.90 Å². The minimum absolute atomic E-state index is 0.309. The molecule has 2 aromatic heterocycles. The molecule has 0 atom stereocenters. The van der Waals surface area contributed by atoms with Crippen LogP contribution in [0.5, 0.6) is 5.75 Å². The minimum Gasteiger partial charge on any atom is -0.497 e. The molecule has 0 spiro atoms. The van der Waals surface area contributed by atoms with E-state index in [1.807, 2.05) is 11.3 Å². The standard InChI is InChI=1S/C24H28N4O3S2/c1-31-17-8-10-18(11-9-17)33(29,30)28-14-12-27(13-15-28)23-21-19-4-2-3-5-20(19)32-24(21)26-22(25-23)16-6-7-16/h8-11,16H,2-7,12-15H2,1H3. The third-order valence-electron chi connectivity index (χ3n) is 6.99. The lowest BCUT2D eigenvalue weighted by Crippen LogP contribution is -2.49. The van der Waals surface area contributed by atoms with E-state index in [4.69, 9.17) is 14.7 Å². The number of thiophene rings is 1. The fourth-order valence-corrected chi connectivity index (χ4v) is 7.63. The van der Waals surface area contributed by atoms with Crippen LogP contribution in [0.15, 0.2) is 29.2 Å². The van der Waals surface area contributed by atoms with Gasteiger partial charge in [-0.05, 0) is 68.4 Å². The van der Waals surface area contributed by atoms with Gasteiger partial charge in [-0.2, -0.15) is 4.31 Å². The molecular weight excluding hydrogens is 456 g/mol. The van der Waals surface area contributed by atoms with Gasteiger partial charge in [0, 0.05) is 37.0 Å². The zero-order chi connectivity index (χ0) is 22.6. The Hall–Kier alpha value is -2.23. The molecule has 6 rings (SSSR count). The summed E-state index contributed by atoms with van der Waals surface area (Å²) in [5, 5.41) is 1.23. The fourth-order valence-electron chi connectivity index (χ4n) is 4.94. The van der Waals surface area contributed by atoms with Gasteiger partial charge in [-0.1, -0.05) is 0 Å². The number of piperazine rings is 1. The Bertz CT molecular complexity index is 1290. The Kier molecular flexibility index (Phi) is 5.31. The number of fused-ring (bicyclic) bond motifs is 3. The number of hydrogen-bond acceptors (Lipinski definition) is 7. The van der Waals surface area contributed by atoms with Crippen molar-refractivity contribution in [2.75, 3.05) is 38.2 Å². The molecule has 3 aromatic rings. The molecule has 3 aliphatic rings. The highest BCUT2D eigenvalue weighted by Crippen LogP contribution is 2.44. The van der Waals surface area contributed by atoms with Gasteiger partial charge in [0.25, 0.3) is 0 Å². The molecule has 0 amide bonds. The van der Waals surface area contributed by atoms with Gasteiger partial charge >= 0.3 is 0 Å². The van der Waals surface area contributed by atoms with Crippen LogP contribution in [-0.4, -0.2) is 56.0 Å². The summed E-state index contributed by atoms with van der Waals surface area (Å²) in [7, 11) is -1.95.